The van der Waals surface area contributed by atoms with Crippen LogP contribution in [-0.2, 0) is 11.3 Å². The number of hydrazone groups is 1. The van der Waals surface area contributed by atoms with Gasteiger partial charge in [0.1, 0.15) is 5.82 Å². The molecule has 3 aromatic carbocycles. The van der Waals surface area contributed by atoms with E-state index in [1.165, 1.54) is 23.9 Å². The fraction of sp³-hybridized carbons (Fsp3) is 0.154. The Kier molecular flexibility index (Phi) is 8.35. The number of aromatic nitrogens is 3. The molecule has 10 heteroatoms. The van der Waals surface area contributed by atoms with E-state index in [1.54, 1.807) is 26.0 Å². The maximum absolute atomic E-state index is 13.1. The Hall–Kier alpha value is -3.69. The first kappa shape index (κ1) is 25.4. The van der Waals surface area contributed by atoms with E-state index in [0.717, 1.165) is 16.9 Å². The number of nitrogens with zero attached hydrogens (tertiary/aromatic N) is 4. The van der Waals surface area contributed by atoms with Crippen LogP contribution >= 0.6 is 23.4 Å². The molecule has 7 nitrogen and oxygen atoms in total. The molecule has 184 valence electrons. The molecule has 36 heavy (non-hydrogen) atoms. The van der Waals surface area contributed by atoms with Gasteiger partial charge in [0.25, 0.3) is 5.91 Å². The fourth-order valence-electron chi connectivity index (χ4n) is 3.27. The molecule has 0 saturated heterocycles. The zero-order valence-electron chi connectivity index (χ0n) is 19.7. The fourth-order valence-corrected chi connectivity index (χ4v) is 4.28. The largest absolute Gasteiger partial charge is 0.378 e. The monoisotopic (exact) mass is 522 g/mol. The number of halogens is 2. The first-order chi connectivity index (χ1) is 17.4. The first-order valence-electron chi connectivity index (χ1n) is 11.2. The van der Waals surface area contributed by atoms with E-state index in [1.807, 2.05) is 59.2 Å². The number of para-hydroxylation sites is 1. The van der Waals surface area contributed by atoms with Gasteiger partial charge in [-0.15, -0.1) is 10.2 Å². The Balaban J connectivity index is 1.48. The van der Waals surface area contributed by atoms with Crippen molar-refractivity contribution in [1.82, 2.24) is 20.2 Å². The third-order valence-corrected chi connectivity index (χ3v) is 6.55. The van der Waals surface area contributed by atoms with Crippen LogP contribution in [0.25, 0.3) is 5.69 Å². The number of carbonyl (C=O) groups is 1. The molecule has 0 unspecified atom stereocenters. The second-order valence-corrected chi connectivity index (χ2v) is 9.61. The van der Waals surface area contributed by atoms with Gasteiger partial charge in [0, 0.05) is 16.4 Å². The van der Waals surface area contributed by atoms with Gasteiger partial charge in [-0.2, -0.15) is 5.10 Å². The summed E-state index contributed by atoms with van der Waals surface area (Å²) in [7, 11) is 0. The minimum atomic E-state index is -0.501. The lowest BCUT2D eigenvalue weighted by molar-refractivity contribution is -0.120. The predicted octanol–water partition coefficient (Wildman–Crippen LogP) is 5.69. The van der Waals surface area contributed by atoms with Gasteiger partial charge < -0.3 is 5.32 Å². The Morgan fingerprint density at radius 3 is 2.44 bits per heavy atom. The van der Waals surface area contributed by atoms with Crippen molar-refractivity contribution in [3.63, 3.8) is 0 Å². The van der Waals surface area contributed by atoms with Gasteiger partial charge >= 0.3 is 0 Å². The van der Waals surface area contributed by atoms with Gasteiger partial charge in [-0.25, -0.2) is 9.82 Å². The smallest absolute Gasteiger partial charge is 0.253 e. The van der Waals surface area contributed by atoms with Crippen molar-refractivity contribution in [2.24, 2.45) is 5.10 Å². The second kappa shape index (κ2) is 11.8. The SMILES string of the molecule is C/C(=N/NC(=O)[C@@H](C)Sc1nnc(CNc2ccc(Cl)cc2)n1-c1ccccc1)c1ccc(F)cc1. The summed E-state index contributed by atoms with van der Waals surface area (Å²) in [5.74, 6) is 0.0761. The van der Waals surface area contributed by atoms with Crippen molar-refractivity contribution in [2.75, 3.05) is 5.32 Å². The van der Waals surface area contributed by atoms with E-state index in [0.29, 0.717) is 28.3 Å². The van der Waals surface area contributed by atoms with Crippen molar-refractivity contribution in [3.8, 4) is 5.69 Å². The number of thioether (sulfide) groups is 1. The zero-order valence-corrected chi connectivity index (χ0v) is 21.2. The van der Waals surface area contributed by atoms with E-state index in [9.17, 15) is 9.18 Å². The van der Waals surface area contributed by atoms with Gasteiger partial charge in [0.05, 0.1) is 17.5 Å². The van der Waals surface area contributed by atoms with E-state index in [4.69, 9.17) is 11.6 Å². The quantitative estimate of drug-likeness (QED) is 0.167. The van der Waals surface area contributed by atoms with Gasteiger partial charge in [-0.1, -0.05) is 53.7 Å². The maximum atomic E-state index is 13.1. The molecule has 0 bridgehead atoms. The molecule has 0 spiro atoms. The highest BCUT2D eigenvalue weighted by Crippen LogP contribution is 2.26. The first-order valence-corrected chi connectivity index (χ1v) is 12.4. The zero-order chi connectivity index (χ0) is 25.5. The van der Waals surface area contributed by atoms with Crippen molar-refractivity contribution in [2.45, 2.75) is 30.8 Å². The second-order valence-electron chi connectivity index (χ2n) is 7.87. The highest BCUT2D eigenvalue weighted by molar-refractivity contribution is 8.00. The number of hydrogen-bond acceptors (Lipinski definition) is 6. The summed E-state index contributed by atoms with van der Waals surface area (Å²) in [6.45, 7) is 3.95. The lowest BCUT2D eigenvalue weighted by Crippen LogP contribution is -2.28. The van der Waals surface area contributed by atoms with Crippen molar-refractivity contribution < 1.29 is 9.18 Å². The normalized spacial score (nSPS) is 12.3. The Labute approximate surface area is 217 Å². The van der Waals surface area contributed by atoms with Crippen LogP contribution in [0.5, 0.6) is 0 Å². The van der Waals surface area contributed by atoms with Crippen LogP contribution in [0.3, 0.4) is 0 Å². The molecule has 4 aromatic rings. The molecule has 0 saturated carbocycles. The molecular weight excluding hydrogens is 499 g/mol. The van der Waals surface area contributed by atoms with Crippen molar-refractivity contribution in [3.05, 3.63) is 101 Å². The molecule has 0 aliphatic heterocycles. The van der Waals surface area contributed by atoms with Crippen LogP contribution in [0.1, 0.15) is 25.2 Å². The maximum Gasteiger partial charge on any atom is 0.253 e. The standard InChI is InChI=1S/C26H24ClFN6OS/c1-17(19-8-12-21(28)13-9-19)30-32-25(35)18(2)36-26-33-31-24(34(26)23-6-4-3-5-7-23)16-29-22-14-10-20(27)11-15-22/h3-15,18,29H,16H2,1-2H3,(H,32,35)/b30-17-/t18-/m1/s1. The summed E-state index contributed by atoms with van der Waals surface area (Å²) in [6, 6.07) is 23.1. The third-order valence-electron chi connectivity index (χ3n) is 5.26. The predicted molar refractivity (Wildman–Crippen MR) is 142 cm³/mol. The number of carbonyl (C=O) groups excluding carboxylic acids is 1. The van der Waals surface area contributed by atoms with Gasteiger partial charge in [-0.3, -0.25) is 9.36 Å². The van der Waals surface area contributed by atoms with E-state index in [-0.39, 0.29) is 11.7 Å². The number of benzene rings is 3. The molecule has 1 heterocycles. The van der Waals surface area contributed by atoms with Crippen molar-refractivity contribution >= 4 is 40.7 Å². The van der Waals surface area contributed by atoms with Gasteiger partial charge in [0.2, 0.25) is 0 Å². The number of rotatable bonds is 9. The molecule has 2 N–H and O–H groups in total. The molecule has 0 aliphatic carbocycles. The minimum absolute atomic E-state index is 0.287. The summed E-state index contributed by atoms with van der Waals surface area (Å²) in [5, 5.41) is 17.0. The topological polar surface area (TPSA) is 84.2 Å². The number of hydrogen-bond donors (Lipinski definition) is 2. The lowest BCUT2D eigenvalue weighted by Gasteiger charge is -2.13. The minimum Gasteiger partial charge on any atom is -0.378 e. The van der Waals surface area contributed by atoms with Gasteiger partial charge in [0.15, 0.2) is 11.0 Å². The van der Waals surface area contributed by atoms with E-state index >= 15 is 0 Å². The summed E-state index contributed by atoms with van der Waals surface area (Å²) in [6.07, 6.45) is 0. The van der Waals surface area contributed by atoms with Crippen molar-refractivity contribution in [1.29, 1.82) is 0 Å². The van der Waals surface area contributed by atoms with E-state index < -0.39 is 5.25 Å². The summed E-state index contributed by atoms with van der Waals surface area (Å²) in [4.78, 5) is 12.8. The van der Waals surface area contributed by atoms with Crippen LogP contribution in [0.15, 0.2) is 89.1 Å². The average molecular weight is 523 g/mol. The number of amides is 1. The number of anilines is 1. The number of nitrogens with one attached hydrogen (secondary N) is 2. The molecule has 0 aliphatic rings. The van der Waals surface area contributed by atoms with Crippen LogP contribution in [0.2, 0.25) is 5.02 Å². The third kappa shape index (κ3) is 6.50. The summed E-state index contributed by atoms with van der Waals surface area (Å²) in [5.41, 5.74) is 5.67. The summed E-state index contributed by atoms with van der Waals surface area (Å²) >= 11 is 7.26. The Morgan fingerprint density at radius 1 is 1.06 bits per heavy atom. The summed E-state index contributed by atoms with van der Waals surface area (Å²) < 4.78 is 15.1. The highest BCUT2D eigenvalue weighted by Gasteiger charge is 2.21. The highest BCUT2D eigenvalue weighted by atomic mass is 35.5. The Morgan fingerprint density at radius 2 is 1.75 bits per heavy atom. The van der Waals surface area contributed by atoms with Gasteiger partial charge in [-0.05, 0) is 67.9 Å². The van der Waals surface area contributed by atoms with E-state index in [2.05, 4.69) is 26.0 Å². The molecule has 0 fully saturated rings. The molecule has 1 amide bonds. The molecule has 0 radical (unpaired) electrons. The lowest BCUT2D eigenvalue weighted by atomic mass is 10.1. The molecular formula is C26H24ClFN6OS. The molecule has 1 aromatic heterocycles. The average Bonchev–Trinajstić information content (AvgIpc) is 3.29. The Bertz CT molecular complexity index is 1340. The van der Waals surface area contributed by atoms with Crippen LogP contribution < -0.4 is 10.7 Å². The molecule has 1 atom stereocenters. The van der Waals surface area contributed by atoms with Crippen LogP contribution in [-0.4, -0.2) is 31.6 Å². The van der Waals surface area contributed by atoms with Crippen LogP contribution in [0, 0.1) is 5.82 Å². The van der Waals surface area contributed by atoms with Crippen LogP contribution in [0.4, 0.5) is 10.1 Å². The molecule has 4 rings (SSSR count).